The van der Waals surface area contributed by atoms with Gasteiger partial charge in [0, 0.05) is 12.1 Å². The predicted octanol–water partition coefficient (Wildman–Crippen LogP) is 4.41. The van der Waals surface area contributed by atoms with Crippen LogP contribution in [-0.4, -0.2) is 24.3 Å². The number of unbranched alkanes of at least 4 members (excludes halogenated alkanes) is 3. The smallest absolute Gasteiger partial charge is 0.266 e. The van der Waals surface area contributed by atoms with Crippen LogP contribution >= 0.6 is 0 Å². The minimum Gasteiger partial charge on any atom is -0.352 e. The van der Waals surface area contributed by atoms with Crippen LogP contribution < -0.4 is 10.2 Å². The van der Waals surface area contributed by atoms with Crippen molar-refractivity contribution in [1.82, 2.24) is 5.32 Å². The van der Waals surface area contributed by atoms with E-state index in [1.54, 1.807) is 12.1 Å². The van der Waals surface area contributed by atoms with Crippen molar-refractivity contribution < 1.29 is 14.4 Å². The van der Waals surface area contributed by atoms with E-state index in [9.17, 15) is 14.4 Å². The number of aryl methyl sites for hydroxylation is 2. The summed E-state index contributed by atoms with van der Waals surface area (Å²) in [5, 5.41) is 2.89. The molecule has 5 nitrogen and oxygen atoms in total. The number of nitrogens with one attached hydrogen (secondary N) is 1. The molecule has 0 radical (unpaired) electrons. The molecule has 0 aromatic heterocycles. The quantitative estimate of drug-likeness (QED) is 0.573. The highest BCUT2D eigenvalue weighted by Gasteiger charge is 2.37. The second-order valence-electron chi connectivity index (χ2n) is 7.31. The van der Waals surface area contributed by atoms with E-state index in [1.165, 1.54) is 11.0 Å². The molecule has 0 atom stereocenters. The molecule has 3 amide bonds. The van der Waals surface area contributed by atoms with Gasteiger partial charge in [0.2, 0.25) is 0 Å². The monoisotopic (exact) mass is 378 g/mol. The highest BCUT2D eigenvalue weighted by atomic mass is 16.2. The number of hydrogen-bond acceptors (Lipinski definition) is 3. The SMILES string of the molecule is CCCCCCNC(=O)c1ccc2c(c1)C(=O)N(c1cc(C)ccc1C)C2=O. The summed E-state index contributed by atoms with van der Waals surface area (Å²) >= 11 is 0. The Hall–Kier alpha value is -2.95. The molecule has 0 spiro atoms. The van der Waals surface area contributed by atoms with Crippen molar-refractivity contribution in [2.24, 2.45) is 0 Å². The molecule has 1 aliphatic rings. The van der Waals surface area contributed by atoms with Gasteiger partial charge in [-0.25, -0.2) is 4.90 Å². The Bertz CT molecular complexity index is 933. The number of hydrogen-bond donors (Lipinski definition) is 1. The number of carbonyl (C=O) groups excluding carboxylic acids is 3. The van der Waals surface area contributed by atoms with Crippen LogP contribution in [0, 0.1) is 13.8 Å². The lowest BCUT2D eigenvalue weighted by Gasteiger charge is -2.17. The van der Waals surface area contributed by atoms with Crippen molar-refractivity contribution in [3.63, 3.8) is 0 Å². The van der Waals surface area contributed by atoms with Gasteiger partial charge in [-0.2, -0.15) is 0 Å². The van der Waals surface area contributed by atoms with Gasteiger partial charge in [0.15, 0.2) is 0 Å². The van der Waals surface area contributed by atoms with Gasteiger partial charge in [-0.15, -0.1) is 0 Å². The molecule has 0 fully saturated rings. The van der Waals surface area contributed by atoms with E-state index >= 15 is 0 Å². The Morgan fingerprint density at radius 3 is 2.43 bits per heavy atom. The Labute approximate surface area is 165 Å². The van der Waals surface area contributed by atoms with Crippen molar-refractivity contribution in [2.75, 3.05) is 11.4 Å². The first-order valence-corrected chi connectivity index (χ1v) is 9.82. The molecule has 2 aromatic carbocycles. The maximum absolute atomic E-state index is 13.0. The minimum absolute atomic E-state index is 0.218. The molecule has 3 rings (SSSR count). The maximum Gasteiger partial charge on any atom is 0.266 e. The summed E-state index contributed by atoms with van der Waals surface area (Å²) in [6.07, 6.45) is 4.31. The molecular weight excluding hydrogens is 352 g/mol. The van der Waals surface area contributed by atoms with E-state index in [0.717, 1.165) is 36.8 Å². The Morgan fingerprint density at radius 2 is 1.68 bits per heavy atom. The van der Waals surface area contributed by atoms with Gasteiger partial charge in [0.05, 0.1) is 16.8 Å². The number of carbonyl (C=O) groups is 3. The Kier molecular flexibility index (Phi) is 5.93. The largest absolute Gasteiger partial charge is 0.352 e. The first-order chi connectivity index (χ1) is 13.4. The number of anilines is 1. The number of amides is 3. The van der Waals surface area contributed by atoms with Crippen LogP contribution in [0.4, 0.5) is 5.69 Å². The van der Waals surface area contributed by atoms with Gasteiger partial charge >= 0.3 is 0 Å². The lowest BCUT2D eigenvalue weighted by atomic mass is 10.1. The molecule has 2 aromatic rings. The van der Waals surface area contributed by atoms with Gasteiger partial charge in [0.25, 0.3) is 17.7 Å². The van der Waals surface area contributed by atoms with Crippen LogP contribution in [0.3, 0.4) is 0 Å². The average Bonchev–Trinajstić information content (AvgIpc) is 2.93. The highest BCUT2D eigenvalue weighted by molar-refractivity contribution is 6.35. The second-order valence-corrected chi connectivity index (χ2v) is 7.31. The van der Waals surface area contributed by atoms with Crippen molar-refractivity contribution in [3.8, 4) is 0 Å². The molecule has 0 unspecified atom stereocenters. The molecule has 0 aliphatic carbocycles. The summed E-state index contributed by atoms with van der Waals surface area (Å²) in [5.74, 6) is -0.948. The summed E-state index contributed by atoms with van der Waals surface area (Å²) in [7, 11) is 0. The molecule has 146 valence electrons. The number of imide groups is 1. The summed E-state index contributed by atoms with van der Waals surface area (Å²) in [6, 6.07) is 10.4. The van der Waals surface area contributed by atoms with Gasteiger partial charge in [0.1, 0.15) is 0 Å². The van der Waals surface area contributed by atoms with Gasteiger partial charge in [-0.1, -0.05) is 38.3 Å². The predicted molar refractivity (Wildman–Crippen MR) is 110 cm³/mol. The second kappa shape index (κ2) is 8.38. The summed E-state index contributed by atoms with van der Waals surface area (Å²) < 4.78 is 0. The van der Waals surface area contributed by atoms with Crippen molar-refractivity contribution in [3.05, 3.63) is 64.2 Å². The number of rotatable bonds is 7. The lowest BCUT2D eigenvalue weighted by molar-refractivity contribution is 0.0923. The van der Waals surface area contributed by atoms with Crippen LogP contribution in [0.1, 0.15) is 74.8 Å². The molecule has 1 N–H and O–H groups in total. The van der Waals surface area contributed by atoms with Crippen LogP contribution in [0.25, 0.3) is 0 Å². The fourth-order valence-corrected chi connectivity index (χ4v) is 3.42. The Morgan fingerprint density at radius 1 is 0.929 bits per heavy atom. The average molecular weight is 378 g/mol. The van der Waals surface area contributed by atoms with Crippen LogP contribution in [0.2, 0.25) is 0 Å². The van der Waals surface area contributed by atoms with Gasteiger partial charge in [-0.05, 0) is 55.7 Å². The first kappa shape index (κ1) is 19.8. The van der Waals surface area contributed by atoms with E-state index in [2.05, 4.69) is 12.2 Å². The van der Waals surface area contributed by atoms with Crippen molar-refractivity contribution in [1.29, 1.82) is 0 Å². The molecular formula is C23H26N2O3. The molecule has 0 saturated heterocycles. The third kappa shape index (κ3) is 3.84. The van der Waals surface area contributed by atoms with Gasteiger partial charge < -0.3 is 5.32 Å². The lowest BCUT2D eigenvalue weighted by Crippen LogP contribution is -2.30. The Balaban J connectivity index is 1.80. The summed E-state index contributed by atoms with van der Waals surface area (Å²) in [5.41, 5.74) is 3.44. The molecule has 5 heteroatoms. The molecule has 0 bridgehead atoms. The van der Waals surface area contributed by atoms with Crippen LogP contribution in [0.15, 0.2) is 36.4 Å². The fraction of sp³-hybridized carbons (Fsp3) is 0.348. The fourth-order valence-electron chi connectivity index (χ4n) is 3.42. The van der Waals surface area contributed by atoms with Crippen LogP contribution in [0.5, 0.6) is 0 Å². The van der Waals surface area contributed by atoms with Crippen molar-refractivity contribution >= 4 is 23.4 Å². The number of nitrogens with zero attached hydrogens (tertiary/aromatic N) is 1. The van der Waals surface area contributed by atoms with Gasteiger partial charge in [-0.3, -0.25) is 14.4 Å². The van der Waals surface area contributed by atoms with E-state index in [4.69, 9.17) is 0 Å². The summed E-state index contributed by atoms with van der Waals surface area (Å²) in [4.78, 5) is 39.4. The first-order valence-electron chi connectivity index (χ1n) is 9.82. The zero-order valence-corrected chi connectivity index (χ0v) is 16.7. The highest BCUT2D eigenvalue weighted by Crippen LogP contribution is 2.31. The zero-order chi connectivity index (χ0) is 20.3. The topological polar surface area (TPSA) is 66.5 Å². The van der Waals surface area contributed by atoms with Crippen molar-refractivity contribution in [2.45, 2.75) is 46.5 Å². The number of fused-ring (bicyclic) bond motifs is 1. The minimum atomic E-state index is -0.383. The molecule has 28 heavy (non-hydrogen) atoms. The number of benzene rings is 2. The van der Waals surface area contributed by atoms with E-state index < -0.39 is 0 Å². The summed E-state index contributed by atoms with van der Waals surface area (Å²) in [6.45, 7) is 6.54. The van der Waals surface area contributed by atoms with E-state index in [1.807, 2.05) is 32.0 Å². The normalized spacial score (nSPS) is 13.0. The van der Waals surface area contributed by atoms with E-state index in [-0.39, 0.29) is 23.3 Å². The van der Waals surface area contributed by atoms with Crippen LogP contribution in [-0.2, 0) is 0 Å². The molecule has 1 heterocycles. The molecule has 0 saturated carbocycles. The zero-order valence-electron chi connectivity index (χ0n) is 16.7. The maximum atomic E-state index is 13.0. The third-order valence-corrected chi connectivity index (χ3v) is 5.07. The third-order valence-electron chi connectivity index (χ3n) is 5.07. The standard InChI is InChI=1S/C23H26N2O3/c1-4-5-6-7-12-24-21(26)17-10-11-18-19(14-17)23(28)25(22(18)27)20-13-15(2)8-9-16(20)3/h8-11,13-14H,4-7,12H2,1-3H3,(H,24,26). The van der Waals surface area contributed by atoms with E-state index in [0.29, 0.717) is 23.4 Å². The molecule has 1 aliphatic heterocycles.